The number of halogens is 1. The molecule has 0 spiro atoms. The van der Waals surface area contributed by atoms with Gasteiger partial charge in [0.1, 0.15) is 5.21 Å². The summed E-state index contributed by atoms with van der Waals surface area (Å²) in [6.45, 7) is 1.95. The van der Waals surface area contributed by atoms with Crippen LogP contribution in [0.15, 0.2) is 24.3 Å². The van der Waals surface area contributed by atoms with Crippen LogP contribution in [0.4, 0.5) is 0 Å². The highest BCUT2D eigenvalue weighted by atomic mass is 35.5. The van der Waals surface area contributed by atoms with Crippen LogP contribution in [-0.4, -0.2) is 69.7 Å². The van der Waals surface area contributed by atoms with E-state index in [0.29, 0.717) is 6.42 Å². The number of rotatable bonds is 7. The van der Waals surface area contributed by atoms with Gasteiger partial charge in [-0.3, -0.25) is 4.90 Å². The van der Waals surface area contributed by atoms with Gasteiger partial charge in [-0.05, 0) is 30.4 Å². The Morgan fingerprint density at radius 3 is 2.67 bits per heavy atom. The van der Waals surface area contributed by atoms with Crippen LogP contribution in [0.3, 0.4) is 0 Å². The van der Waals surface area contributed by atoms with Crippen molar-refractivity contribution in [1.82, 2.24) is 13.9 Å². The highest BCUT2D eigenvalue weighted by Crippen LogP contribution is 2.38. The van der Waals surface area contributed by atoms with Crippen LogP contribution in [0.2, 0.25) is 0 Å². The SMILES string of the molecule is CS(=O)(=O)N(CCNS(=O)(=O)CCl)[C@@H]1CCN2CCc3ccccc3[C@@H]2C1. The van der Waals surface area contributed by atoms with Gasteiger partial charge in [-0.15, -0.1) is 11.6 Å². The fourth-order valence-electron chi connectivity index (χ4n) is 4.17. The minimum atomic E-state index is -3.56. The predicted molar refractivity (Wildman–Crippen MR) is 107 cm³/mol. The van der Waals surface area contributed by atoms with Gasteiger partial charge < -0.3 is 0 Å². The van der Waals surface area contributed by atoms with Crippen molar-refractivity contribution in [2.24, 2.45) is 0 Å². The third kappa shape index (κ3) is 5.02. The maximum atomic E-state index is 12.4. The van der Waals surface area contributed by atoms with E-state index in [1.165, 1.54) is 21.7 Å². The lowest BCUT2D eigenvalue weighted by Gasteiger charge is -2.45. The Kier molecular flexibility index (Phi) is 6.49. The van der Waals surface area contributed by atoms with Crippen molar-refractivity contribution < 1.29 is 16.8 Å². The normalized spacial score (nSPS) is 23.8. The fraction of sp³-hybridized carbons (Fsp3) is 0.647. The minimum Gasteiger partial charge on any atom is -0.296 e. The average molecular weight is 436 g/mol. The molecule has 0 aromatic heterocycles. The largest absolute Gasteiger partial charge is 0.296 e. The summed E-state index contributed by atoms with van der Waals surface area (Å²) in [7, 11) is -7.02. The molecule has 0 bridgehead atoms. The van der Waals surface area contributed by atoms with Gasteiger partial charge in [0.05, 0.1) is 6.26 Å². The van der Waals surface area contributed by atoms with Crippen molar-refractivity contribution in [3.05, 3.63) is 35.4 Å². The van der Waals surface area contributed by atoms with Crippen molar-refractivity contribution >= 4 is 31.6 Å². The molecule has 1 aromatic rings. The Morgan fingerprint density at radius 2 is 1.96 bits per heavy atom. The monoisotopic (exact) mass is 435 g/mol. The molecule has 152 valence electrons. The lowest BCUT2D eigenvalue weighted by atomic mass is 9.85. The van der Waals surface area contributed by atoms with E-state index in [9.17, 15) is 16.8 Å². The van der Waals surface area contributed by atoms with Gasteiger partial charge >= 0.3 is 0 Å². The van der Waals surface area contributed by atoms with Crippen LogP contribution in [0, 0.1) is 0 Å². The first kappa shape index (κ1) is 21.0. The number of fused-ring (bicyclic) bond motifs is 3. The molecule has 7 nitrogen and oxygen atoms in total. The molecule has 2 aliphatic rings. The van der Waals surface area contributed by atoms with Crippen molar-refractivity contribution in [1.29, 1.82) is 0 Å². The quantitative estimate of drug-likeness (QED) is 0.648. The van der Waals surface area contributed by atoms with E-state index >= 15 is 0 Å². The number of piperidine rings is 1. The minimum absolute atomic E-state index is 0.0175. The van der Waals surface area contributed by atoms with Crippen LogP contribution in [0.1, 0.15) is 30.0 Å². The summed E-state index contributed by atoms with van der Waals surface area (Å²) in [6.07, 6.45) is 3.66. The molecule has 2 atom stereocenters. The molecular weight excluding hydrogens is 410 g/mol. The molecule has 1 N–H and O–H groups in total. The van der Waals surface area contributed by atoms with Crippen molar-refractivity contribution in [3.8, 4) is 0 Å². The molecule has 1 saturated heterocycles. The highest BCUT2D eigenvalue weighted by Gasteiger charge is 2.37. The highest BCUT2D eigenvalue weighted by molar-refractivity contribution is 7.90. The summed E-state index contributed by atoms with van der Waals surface area (Å²) in [5.74, 6) is 0. The van der Waals surface area contributed by atoms with Crippen LogP contribution < -0.4 is 4.72 Å². The molecule has 27 heavy (non-hydrogen) atoms. The number of sulfonamides is 2. The molecule has 2 heterocycles. The maximum Gasteiger partial charge on any atom is 0.225 e. The van der Waals surface area contributed by atoms with E-state index in [0.717, 1.165) is 25.9 Å². The molecule has 2 aliphatic heterocycles. The number of alkyl halides is 1. The summed E-state index contributed by atoms with van der Waals surface area (Å²) in [6, 6.07) is 8.41. The molecule has 0 saturated carbocycles. The molecular formula is C17H26ClN3O4S2. The van der Waals surface area contributed by atoms with Crippen molar-refractivity contribution in [2.45, 2.75) is 31.3 Å². The zero-order chi connectivity index (χ0) is 19.7. The van der Waals surface area contributed by atoms with Crippen LogP contribution in [-0.2, 0) is 26.5 Å². The summed E-state index contributed by atoms with van der Waals surface area (Å²) >= 11 is 5.38. The molecule has 0 aliphatic carbocycles. The summed E-state index contributed by atoms with van der Waals surface area (Å²) in [5, 5.41) is -0.539. The van der Waals surface area contributed by atoms with Gasteiger partial charge in [0, 0.05) is 38.3 Å². The Morgan fingerprint density at radius 1 is 1.22 bits per heavy atom. The van der Waals surface area contributed by atoms with Gasteiger partial charge in [-0.2, -0.15) is 4.31 Å². The summed E-state index contributed by atoms with van der Waals surface area (Å²) < 4.78 is 51.6. The third-order valence-electron chi connectivity index (χ3n) is 5.40. The molecule has 0 unspecified atom stereocenters. The van der Waals surface area contributed by atoms with E-state index < -0.39 is 25.3 Å². The van der Waals surface area contributed by atoms with Gasteiger partial charge in [-0.25, -0.2) is 21.6 Å². The first-order chi connectivity index (χ1) is 12.7. The first-order valence-electron chi connectivity index (χ1n) is 9.03. The Hall–Kier alpha value is -0.710. The Labute approximate surface area is 166 Å². The van der Waals surface area contributed by atoms with Gasteiger partial charge in [0.15, 0.2) is 0 Å². The van der Waals surface area contributed by atoms with E-state index in [1.807, 2.05) is 12.1 Å². The van der Waals surface area contributed by atoms with Gasteiger partial charge in [0.2, 0.25) is 20.0 Å². The number of benzene rings is 1. The van der Waals surface area contributed by atoms with Crippen LogP contribution in [0.25, 0.3) is 0 Å². The summed E-state index contributed by atoms with van der Waals surface area (Å²) in [4.78, 5) is 2.43. The lowest BCUT2D eigenvalue weighted by molar-refractivity contribution is 0.0913. The van der Waals surface area contributed by atoms with Crippen LogP contribution in [0.5, 0.6) is 0 Å². The Bertz CT molecular complexity index is 876. The zero-order valence-electron chi connectivity index (χ0n) is 15.3. The number of nitrogens with zero attached hydrogens (tertiary/aromatic N) is 2. The van der Waals surface area contributed by atoms with Crippen molar-refractivity contribution in [3.63, 3.8) is 0 Å². The standard InChI is InChI=1S/C17H26ClN3O4S2/c1-26(22,23)21(11-8-19-27(24,25)13-18)15-7-10-20-9-6-14-4-2-3-5-16(14)17(20)12-15/h2-5,15,17,19H,6-13H2,1H3/t15-,17+/m1/s1. The van der Waals surface area contributed by atoms with Gasteiger partial charge in [-0.1, -0.05) is 24.3 Å². The molecule has 10 heteroatoms. The number of hydrogen-bond donors (Lipinski definition) is 1. The van der Waals surface area contributed by atoms with E-state index in [2.05, 4.69) is 21.8 Å². The van der Waals surface area contributed by atoms with Crippen molar-refractivity contribution in [2.75, 3.05) is 37.6 Å². The third-order valence-corrected chi connectivity index (χ3v) is 8.52. The van der Waals surface area contributed by atoms with E-state index in [4.69, 9.17) is 11.6 Å². The first-order valence-corrected chi connectivity index (χ1v) is 13.1. The predicted octanol–water partition coefficient (Wildman–Crippen LogP) is 1.13. The number of nitrogens with one attached hydrogen (secondary N) is 1. The van der Waals surface area contributed by atoms with E-state index in [1.54, 1.807) is 0 Å². The Balaban J connectivity index is 1.75. The molecule has 1 fully saturated rings. The van der Waals surface area contributed by atoms with Crippen LogP contribution >= 0.6 is 11.6 Å². The second kappa shape index (κ2) is 8.34. The maximum absolute atomic E-state index is 12.4. The van der Waals surface area contributed by atoms with Gasteiger partial charge in [0.25, 0.3) is 0 Å². The lowest BCUT2D eigenvalue weighted by Crippen LogP contribution is -2.51. The zero-order valence-corrected chi connectivity index (χ0v) is 17.7. The molecule has 0 radical (unpaired) electrons. The number of hydrogen-bond acceptors (Lipinski definition) is 5. The molecule has 3 rings (SSSR count). The smallest absolute Gasteiger partial charge is 0.225 e. The molecule has 0 amide bonds. The second-order valence-electron chi connectivity index (χ2n) is 7.17. The summed E-state index contributed by atoms with van der Waals surface area (Å²) in [5.41, 5.74) is 2.62. The topological polar surface area (TPSA) is 86.8 Å². The molecule has 1 aromatic carbocycles. The average Bonchev–Trinajstić information content (AvgIpc) is 2.64. The van der Waals surface area contributed by atoms with E-state index in [-0.39, 0.29) is 25.2 Å². The fourth-order valence-corrected chi connectivity index (χ4v) is 6.04. The second-order valence-corrected chi connectivity index (χ2v) is 11.5.